The number of methoxy groups -OCH3 is 1. The minimum Gasteiger partial charge on any atom is -0.497 e. The molecule has 0 saturated carbocycles. The van der Waals surface area contributed by atoms with Crippen LogP contribution in [-0.2, 0) is 20.0 Å². The molecule has 0 aliphatic rings. The zero-order valence-corrected chi connectivity index (χ0v) is 16.6. The average Bonchev–Trinajstić information content (AvgIpc) is 3.32. The Morgan fingerprint density at radius 3 is 2.79 bits per heavy atom. The van der Waals surface area contributed by atoms with Gasteiger partial charge in [-0.05, 0) is 49.2 Å². The predicted molar refractivity (Wildman–Crippen MR) is 114 cm³/mol. The van der Waals surface area contributed by atoms with Crippen LogP contribution in [0.5, 0.6) is 5.75 Å². The number of hydrogen-bond donors (Lipinski definition) is 1. The molecular weight excluding hydrogens is 348 g/mol. The second-order valence-corrected chi connectivity index (χ2v) is 7.27. The highest BCUT2D eigenvalue weighted by Crippen LogP contribution is 2.26. The van der Waals surface area contributed by atoms with Gasteiger partial charge in [-0.25, -0.2) is 0 Å². The van der Waals surface area contributed by atoms with Crippen LogP contribution < -0.4 is 10.1 Å². The van der Waals surface area contributed by atoms with Gasteiger partial charge in [-0.2, -0.15) is 0 Å². The molecule has 0 bridgehead atoms. The fraction of sp³-hybridized carbons (Fsp3) is 0.250. The summed E-state index contributed by atoms with van der Waals surface area (Å²) in [5, 5.41) is 4.91. The summed E-state index contributed by atoms with van der Waals surface area (Å²) in [5.74, 6) is 2.62. The average molecular weight is 374 g/mol. The molecule has 0 amide bonds. The lowest BCUT2D eigenvalue weighted by Crippen LogP contribution is -2.27. The summed E-state index contributed by atoms with van der Waals surface area (Å²) >= 11 is 0. The normalized spacial score (nSPS) is 12.4. The molecule has 0 spiro atoms. The van der Waals surface area contributed by atoms with Gasteiger partial charge >= 0.3 is 0 Å². The first kappa shape index (κ1) is 18.4. The number of ether oxygens (including phenoxy) is 1. The van der Waals surface area contributed by atoms with Crippen LogP contribution in [0.4, 0.5) is 0 Å². The quantitative estimate of drug-likeness (QED) is 0.485. The van der Waals surface area contributed by atoms with Crippen LogP contribution in [0, 0.1) is 0 Å². The Morgan fingerprint density at radius 2 is 1.93 bits per heavy atom. The van der Waals surface area contributed by atoms with E-state index in [1.165, 1.54) is 16.5 Å². The molecule has 4 aromatic rings. The maximum Gasteiger partial charge on any atom is 0.134 e. The minimum absolute atomic E-state index is 0.344. The highest BCUT2D eigenvalue weighted by Gasteiger charge is 2.11. The zero-order valence-electron chi connectivity index (χ0n) is 16.6. The lowest BCUT2D eigenvalue weighted by Gasteiger charge is -2.12. The van der Waals surface area contributed by atoms with Gasteiger partial charge in [-0.3, -0.25) is 0 Å². The molecule has 0 fully saturated rings. The summed E-state index contributed by atoms with van der Waals surface area (Å²) in [5.41, 5.74) is 3.67. The summed E-state index contributed by atoms with van der Waals surface area (Å²) in [7, 11) is 3.78. The van der Waals surface area contributed by atoms with Crippen LogP contribution in [0.25, 0.3) is 22.2 Å². The number of hydrogen-bond acceptors (Lipinski definition) is 3. The topological polar surface area (TPSA) is 39.3 Å². The van der Waals surface area contributed by atoms with Gasteiger partial charge in [-0.15, -0.1) is 0 Å². The molecule has 0 radical (unpaired) electrons. The van der Waals surface area contributed by atoms with E-state index in [1.807, 2.05) is 36.4 Å². The summed E-state index contributed by atoms with van der Waals surface area (Å²) in [4.78, 5) is 0. The van der Waals surface area contributed by atoms with Gasteiger partial charge in [0, 0.05) is 35.8 Å². The Hall–Kier alpha value is -2.98. The summed E-state index contributed by atoms with van der Waals surface area (Å²) < 4.78 is 13.5. The molecule has 4 nitrogen and oxygen atoms in total. The molecule has 0 saturated heterocycles. The number of furan rings is 1. The van der Waals surface area contributed by atoms with E-state index in [1.54, 1.807) is 7.11 Å². The van der Waals surface area contributed by atoms with Crippen LogP contribution in [-0.4, -0.2) is 17.7 Å². The van der Waals surface area contributed by atoms with Crippen LogP contribution in [0.15, 0.2) is 71.3 Å². The van der Waals surface area contributed by atoms with Crippen molar-refractivity contribution in [1.29, 1.82) is 0 Å². The number of nitrogens with one attached hydrogen (secondary N) is 1. The number of fused-ring (bicyclic) bond motifs is 1. The monoisotopic (exact) mass is 374 g/mol. The molecule has 0 aliphatic carbocycles. The molecule has 1 unspecified atom stereocenters. The number of rotatable bonds is 7. The third kappa shape index (κ3) is 3.82. The SMILES string of the molecule is COc1cccc(-c2ccc(CNC(C)Cc3cn(C)c4ccccc34)o2)c1. The van der Waals surface area contributed by atoms with E-state index in [9.17, 15) is 0 Å². The van der Waals surface area contributed by atoms with Crippen molar-refractivity contribution in [3.05, 3.63) is 78.2 Å². The Balaban J connectivity index is 1.40. The van der Waals surface area contributed by atoms with Gasteiger partial charge in [0.2, 0.25) is 0 Å². The van der Waals surface area contributed by atoms with Gasteiger partial charge in [0.05, 0.1) is 13.7 Å². The van der Waals surface area contributed by atoms with E-state index in [-0.39, 0.29) is 0 Å². The van der Waals surface area contributed by atoms with Crippen molar-refractivity contribution in [2.24, 2.45) is 7.05 Å². The highest BCUT2D eigenvalue weighted by molar-refractivity contribution is 5.83. The van der Waals surface area contributed by atoms with E-state index in [0.717, 1.165) is 29.3 Å². The fourth-order valence-electron chi connectivity index (χ4n) is 3.67. The molecule has 2 heterocycles. The molecule has 4 heteroatoms. The van der Waals surface area contributed by atoms with Crippen molar-refractivity contribution in [2.75, 3.05) is 7.11 Å². The molecule has 2 aromatic carbocycles. The van der Waals surface area contributed by atoms with Crippen molar-refractivity contribution in [3.8, 4) is 17.1 Å². The molecule has 0 aliphatic heterocycles. The number of benzene rings is 2. The molecule has 2 aromatic heterocycles. The largest absolute Gasteiger partial charge is 0.497 e. The second kappa shape index (κ2) is 7.95. The van der Waals surface area contributed by atoms with Crippen molar-refractivity contribution < 1.29 is 9.15 Å². The van der Waals surface area contributed by atoms with E-state index >= 15 is 0 Å². The van der Waals surface area contributed by atoms with Crippen molar-refractivity contribution in [2.45, 2.75) is 25.9 Å². The smallest absolute Gasteiger partial charge is 0.134 e. The maximum atomic E-state index is 6.02. The Labute approximate surface area is 165 Å². The third-order valence-electron chi connectivity index (χ3n) is 5.15. The first-order valence-corrected chi connectivity index (χ1v) is 9.63. The Morgan fingerprint density at radius 1 is 1.07 bits per heavy atom. The van der Waals surface area contributed by atoms with Gasteiger partial charge in [-0.1, -0.05) is 30.3 Å². The first-order valence-electron chi connectivity index (χ1n) is 9.63. The van der Waals surface area contributed by atoms with E-state index in [4.69, 9.17) is 9.15 Å². The van der Waals surface area contributed by atoms with Crippen molar-refractivity contribution in [3.63, 3.8) is 0 Å². The van der Waals surface area contributed by atoms with Crippen LogP contribution in [0.2, 0.25) is 0 Å². The van der Waals surface area contributed by atoms with E-state index in [2.05, 4.69) is 54.3 Å². The molecule has 144 valence electrons. The maximum absolute atomic E-state index is 6.02. The number of aromatic nitrogens is 1. The minimum atomic E-state index is 0.344. The van der Waals surface area contributed by atoms with Crippen LogP contribution >= 0.6 is 0 Å². The molecule has 1 atom stereocenters. The van der Waals surface area contributed by atoms with Gasteiger partial charge < -0.3 is 19.0 Å². The summed E-state index contributed by atoms with van der Waals surface area (Å²) in [6.07, 6.45) is 3.21. The highest BCUT2D eigenvalue weighted by atomic mass is 16.5. The number of nitrogens with zero attached hydrogens (tertiary/aromatic N) is 1. The summed E-state index contributed by atoms with van der Waals surface area (Å²) in [6.45, 7) is 2.92. The Kier molecular flexibility index (Phi) is 5.22. The van der Waals surface area contributed by atoms with Crippen LogP contribution in [0.3, 0.4) is 0 Å². The van der Waals surface area contributed by atoms with Crippen LogP contribution in [0.1, 0.15) is 18.2 Å². The summed E-state index contributed by atoms with van der Waals surface area (Å²) in [6, 6.07) is 20.9. The van der Waals surface area contributed by atoms with Gasteiger partial charge in [0.15, 0.2) is 0 Å². The molecule has 1 N–H and O–H groups in total. The molecule has 28 heavy (non-hydrogen) atoms. The number of aryl methyl sites for hydroxylation is 1. The standard InChI is InChI=1S/C24H26N2O2/c1-17(13-19-16-26(2)23-10-5-4-9-22(19)23)25-15-21-11-12-24(28-21)18-7-6-8-20(14-18)27-3/h4-12,14,16-17,25H,13,15H2,1-3H3. The molecule has 4 rings (SSSR count). The van der Waals surface area contributed by atoms with Gasteiger partial charge in [0.25, 0.3) is 0 Å². The fourth-order valence-corrected chi connectivity index (χ4v) is 3.67. The molecular formula is C24H26N2O2. The predicted octanol–water partition coefficient (Wildman–Crippen LogP) is 5.17. The van der Waals surface area contributed by atoms with E-state index < -0.39 is 0 Å². The lowest BCUT2D eigenvalue weighted by molar-refractivity contribution is 0.414. The lowest BCUT2D eigenvalue weighted by atomic mass is 10.1. The second-order valence-electron chi connectivity index (χ2n) is 7.27. The van der Waals surface area contributed by atoms with Crippen molar-refractivity contribution >= 4 is 10.9 Å². The van der Waals surface area contributed by atoms with Gasteiger partial charge in [0.1, 0.15) is 17.3 Å². The first-order chi connectivity index (χ1) is 13.6. The van der Waals surface area contributed by atoms with Crippen molar-refractivity contribution in [1.82, 2.24) is 9.88 Å². The zero-order chi connectivity index (χ0) is 19.5. The third-order valence-corrected chi connectivity index (χ3v) is 5.15. The van der Waals surface area contributed by atoms with E-state index in [0.29, 0.717) is 12.6 Å². The number of para-hydroxylation sites is 1. The Bertz CT molecular complexity index is 1080.